The van der Waals surface area contributed by atoms with E-state index < -0.39 is 6.10 Å². The highest BCUT2D eigenvalue weighted by Crippen LogP contribution is 2.25. The second-order valence-corrected chi connectivity index (χ2v) is 6.34. The highest BCUT2D eigenvalue weighted by Gasteiger charge is 2.15. The molecule has 0 aliphatic rings. The van der Waals surface area contributed by atoms with Gasteiger partial charge in [0, 0.05) is 17.5 Å². The maximum absolute atomic E-state index is 10.2. The number of aliphatic hydroxyl groups is 1. The number of aromatic nitrogens is 1. The van der Waals surface area contributed by atoms with E-state index >= 15 is 0 Å². The van der Waals surface area contributed by atoms with E-state index in [1.54, 1.807) is 18.4 Å². The molecule has 0 fully saturated rings. The molecular weight excluding hydrogens is 284 g/mol. The Labute approximate surface area is 129 Å². The third-order valence-corrected chi connectivity index (χ3v) is 4.71. The summed E-state index contributed by atoms with van der Waals surface area (Å²) in [6.07, 6.45) is -0.535. The van der Waals surface area contributed by atoms with Gasteiger partial charge in [0.25, 0.3) is 0 Å². The van der Waals surface area contributed by atoms with Gasteiger partial charge in [0.05, 0.1) is 23.9 Å². The topological polar surface area (TPSA) is 54.4 Å². The molecule has 0 aliphatic heterocycles. The zero-order valence-electron chi connectivity index (χ0n) is 12.9. The normalized spacial score (nSPS) is 14.0. The van der Waals surface area contributed by atoms with Crippen molar-refractivity contribution in [1.82, 2.24) is 10.3 Å². The molecule has 2 N–H and O–H groups in total. The van der Waals surface area contributed by atoms with Crippen molar-refractivity contribution in [3.05, 3.63) is 45.4 Å². The Hall–Kier alpha value is -1.43. The van der Waals surface area contributed by atoms with Crippen LogP contribution in [-0.4, -0.2) is 23.7 Å². The molecular formula is C16H22N2O2S. The third kappa shape index (κ3) is 4.03. The molecule has 0 spiro atoms. The lowest BCUT2D eigenvalue weighted by Crippen LogP contribution is -2.24. The average molecular weight is 306 g/mol. The minimum Gasteiger partial charge on any atom is -0.497 e. The zero-order chi connectivity index (χ0) is 15.4. The zero-order valence-corrected chi connectivity index (χ0v) is 13.7. The van der Waals surface area contributed by atoms with E-state index in [4.69, 9.17) is 4.74 Å². The molecule has 1 aromatic carbocycles. The fraction of sp³-hybridized carbons (Fsp3) is 0.438. The van der Waals surface area contributed by atoms with Gasteiger partial charge in [0.15, 0.2) is 0 Å². The summed E-state index contributed by atoms with van der Waals surface area (Å²) in [6, 6.07) is 7.68. The first-order chi connectivity index (χ1) is 10.0. The van der Waals surface area contributed by atoms with Gasteiger partial charge in [-0.15, -0.1) is 11.3 Å². The number of methoxy groups -OCH3 is 1. The largest absolute Gasteiger partial charge is 0.497 e. The molecule has 0 bridgehead atoms. The number of nitrogens with zero attached hydrogens (tertiary/aromatic N) is 1. The molecule has 0 aliphatic carbocycles. The van der Waals surface area contributed by atoms with Gasteiger partial charge >= 0.3 is 0 Å². The van der Waals surface area contributed by atoms with E-state index in [2.05, 4.69) is 17.2 Å². The van der Waals surface area contributed by atoms with Crippen LogP contribution in [0.1, 0.15) is 40.2 Å². The number of hydrogen-bond donors (Lipinski definition) is 2. The van der Waals surface area contributed by atoms with Crippen LogP contribution in [0.4, 0.5) is 0 Å². The number of thiazole rings is 1. The molecule has 2 unspecified atom stereocenters. The van der Waals surface area contributed by atoms with Gasteiger partial charge in [-0.2, -0.15) is 0 Å². The molecule has 2 rings (SSSR count). The van der Waals surface area contributed by atoms with Crippen LogP contribution >= 0.6 is 11.3 Å². The Morgan fingerprint density at radius 2 is 1.95 bits per heavy atom. The molecule has 1 aromatic heterocycles. The summed E-state index contributed by atoms with van der Waals surface area (Å²) < 4.78 is 5.12. The molecule has 0 saturated carbocycles. The minimum absolute atomic E-state index is 0.184. The first kappa shape index (κ1) is 15.9. The highest BCUT2D eigenvalue weighted by molar-refractivity contribution is 7.11. The van der Waals surface area contributed by atoms with Gasteiger partial charge in [0.2, 0.25) is 0 Å². The molecule has 5 heteroatoms. The molecule has 2 aromatic rings. The number of aryl methyl sites for hydroxylation is 2. The molecule has 0 saturated heterocycles. The molecule has 1 heterocycles. The van der Waals surface area contributed by atoms with Crippen molar-refractivity contribution in [3.8, 4) is 5.75 Å². The third-order valence-electron chi connectivity index (χ3n) is 3.45. The number of benzene rings is 1. The van der Waals surface area contributed by atoms with Gasteiger partial charge in [-0.3, -0.25) is 0 Å². The van der Waals surface area contributed by atoms with Crippen molar-refractivity contribution < 1.29 is 9.84 Å². The Balaban J connectivity index is 1.93. The summed E-state index contributed by atoms with van der Waals surface area (Å²) in [5.41, 5.74) is 1.95. The summed E-state index contributed by atoms with van der Waals surface area (Å²) in [5.74, 6) is 0.794. The van der Waals surface area contributed by atoms with Crippen molar-refractivity contribution in [2.45, 2.75) is 32.9 Å². The fourth-order valence-corrected chi connectivity index (χ4v) is 3.23. The number of rotatable bonds is 6. The van der Waals surface area contributed by atoms with Crippen LogP contribution in [0.15, 0.2) is 24.3 Å². The van der Waals surface area contributed by atoms with Gasteiger partial charge < -0.3 is 15.2 Å². The van der Waals surface area contributed by atoms with Crippen LogP contribution in [0.25, 0.3) is 0 Å². The molecule has 114 valence electrons. The van der Waals surface area contributed by atoms with Crippen molar-refractivity contribution in [1.29, 1.82) is 0 Å². The van der Waals surface area contributed by atoms with E-state index in [9.17, 15) is 5.11 Å². The van der Waals surface area contributed by atoms with Crippen molar-refractivity contribution in [2.75, 3.05) is 13.7 Å². The van der Waals surface area contributed by atoms with Crippen LogP contribution in [-0.2, 0) is 0 Å². The van der Waals surface area contributed by atoms with Gasteiger partial charge in [-0.05, 0) is 38.5 Å². The summed E-state index contributed by atoms with van der Waals surface area (Å²) in [7, 11) is 1.63. The molecule has 0 amide bonds. The van der Waals surface area contributed by atoms with Crippen molar-refractivity contribution in [3.63, 3.8) is 0 Å². The SMILES string of the molecule is COc1ccc(C(O)CNC(C)c2sc(C)nc2C)cc1. The van der Waals surface area contributed by atoms with Crippen LogP contribution in [0.5, 0.6) is 5.75 Å². The lowest BCUT2D eigenvalue weighted by Gasteiger charge is -2.17. The molecule has 21 heavy (non-hydrogen) atoms. The van der Waals surface area contributed by atoms with Gasteiger partial charge in [-0.1, -0.05) is 12.1 Å². The van der Waals surface area contributed by atoms with Crippen LogP contribution in [0.3, 0.4) is 0 Å². The van der Waals surface area contributed by atoms with Crippen molar-refractivity contribution in [2.24, 2.45) is 0 Å². The monoisotopic (exact) mass is 306 g/mol. The van der Waals surface area contributed by atoms with Gasteiger partial charge in [-0.25, -0.2) is 4.98 Å². The molecule has 4 nitrogen and oxygen atoms in total. The lowest BCUT2D eigenvalue weighted by atomic mass is 10.1. The number of hydrogen-bond acceptors (Lipinski definition) is 5. The summed E-state index contributed by atoms with van der Waals surface area (Å²) in [6.45, 7) is 6.64. The Bertz CT molecular complexity index is 580. The van der Waals surface area contributed by atoms with E-state index in [0.29, 0.717) is 6.54 Å². The van der Waals surface area contributed by atoms with Crippen LogP contribution < -0.4 is 10.1 Å². The van der Waals surface area contributed by atoms with Crippen LogP contribution in [0, 0.1) is 13.8 Å². The number of ether oxygens (including phenoxy) is 1. The minimum atomic E-state index is -0.535. The Morgan fingerprint density at radius 1 is 1.29 bits per heavy atom. The highest BCUT2D eigenvalue weighted by atomic mass is 32.1. The maximum atomic E-state index is 10.2. The van der Waals surface area contributed by atoms with E-state index in [1.165, 1.54) is 4.88 Å². The van der Waals surface area contributed by atoms with E-state index in [-0.39, 0.29) is 6.04 Å². The molecule has 2 atom stereocenters. The van der Waals surface area contributed by atoms with Gasteiger partial charge in [0.1, 0.15) is 5.75 Å². The lowest BCUT2D eigenvalue weighted by molar-refractivity contribution is 0.171. The molecule has 0 radical (unpaired) electrons. The standard InChI is InChI=1S/C16H22N2O2S/c1-10(16-11(2)18-12(3)21-16)17-9-15(19)13-5-7-14(20-4)8-6-13/h5-8,10,15,17,19H,9H2,1-4H3. The second kappa shape index (κ2) is 7.02. The summed E-state index contributed by atoms with van der Waals surface area (Å²) >= 11 is 1.70. The predicted octanol–water partition coefficient (Wildman–Crippen LogP) is 3.15. The fourth-order valence-electron chi connectivity index (χ4n) is 2.27. The number of aliphatic hydroxyl groups excluding tert-OH is 1. The Kier molecular flexibility index (Phi) is 5.33. The first-order valence-corrected chi connectivity index (χ1v) is 7.82. The average Bonchev–Trinajstić information content (AvgIpc) is 2.83. The second-order valence-electron chi connectivity index (χ2n) is 5.10. The predicted molar refractivity (Wildman–Crippen MR) is 86.0 cm³/mol. The maximum Gasteiger partial charge on any atom is 0.118 e. The first-order valence-electron chi connectivity index (χ1n) is 7.00. The quantitative estimate of drug-likeness (QED) is 0.861. The number of nitrogens with one attached hydrogen (secondary N) is 1. The summed E-state index contributed by atoms with van der Waals surface area (Å²) in [4.78, 5) is 5.67. The van der Waals surface area contributed by atoms with Crippen molar-refractivity contribution >= 4 is 11.3 Å². The van der Waals surface area contributed by atoms with E-state index in [1.807, 2.05) is 38.1 Å². The smallest absolute Gasteiger partial charge is 0.118 e. The van der Waals surface area contributed by atoms with E-state index in [0.717, 1.165) is 22.0 Å². The Morgan fingerprint density at radius 3 is 2.48 bits per heavy atom. The summed E-state index contributed by atoms with van der Waals surface area (Å²) in [5, 5.41) is 14.7. The van der Waals surface area contributed by atoms with Crippen LogP contribution in [0.2, 0.25) is 0 Å².